The van der Waals surface area contributed by atoms with Gasteiger partial charge in [0, 0.05) is 5.92 Å². The second-order valence-corrected chi connectivity index (χ2v) is 6.93. The summed E-state index contributed by atoms with van der Waals surface area (Å²) in [5, 5.41) is 19.1. The van der Waals surface area contributed by atoms with Gasteiger partial charge in [-0.3, -0.25) is 0 Å². The van der Waals surface area contributed by atoms with E-state index >= 15 is 0 Å². The highest BCUT2D eigenvalue weighted by atomic mass is 16.5. The van der Waals surface area contributed by atoms with Crippen molar-refractivity contribution in [3.8, 4) is 11.5 Å². The van der Waals surface area contributed by atoms with Crippen molar-refractivity contribution in [3.05, 3.63) is 29.6 Å². The van der Waals surface area contributed by atoms with Gasteiger partial charge in [0.25, 0.3) is 5.89 Å². The molecule has 3 rings (SSSR count). The lowest BCUT2D eigenvalue weighted by atomic mass is 10.0. The lowest BCUT2D eigenvalue weighted by Crippen LogP contribution is -2.50. The quantitative estimate of drug-likeness (QED) is 0.747. The number of hydrogen-bond donors (Lipinski definition) is 3. The largest absolute Gasteiger partial charge is 0.394 e. The first-order valence-corrected chi connectivity index (χ1v) is 8.59. The van der Waals surface area contributed by atoms with Gasteiger partial charge in [-0.2, -0.15) is 4.98 Å². The number of nitrogens with zero attached hydrogens (tertiary/aromatic N) is 2. The molecule has 1 aromatic carbocycles. The molecule has 7 heteroatoms. The highest BCUT2D eigenvalue weighted by molar-refractivity contribution is 5.94. The number of benzene rings is 1. The predicted octanol–water partition coefficient (Wildman–Crippen LogP) is 3.20. The Hall–Kier alpha value is -2.41. The molecule has 134 valence electrons. The van der Waals surface area contributed by atoms with Crippen LogP contribution in [0, 0.1) is 6.92 Å². The molecule has 0 aliphatic heterocycles. The first-order valence-electron chi connectivity index (χ1n) is 8.59. The topological polar surface area (TPSA) is 100 Å². The van der Waals surface area contributed by atoms with Gasteiger partial charge in [-0.1, -0.05) is 23.7 Å². The minimum absolute atomic E-state index is 0.133. The van der Waals surface area contributed by atoms with Gasteiger partial charge in [0.05, 0.1) is 23.4 Å². The fourth-order valence-electron chi connectivity index (χ4n) is 2.46. The molecule has 1 heterocycles. The number of hydrogen-bond acceptors (Lipinski definition) is 5. The Labute approximate surface area is 146 Å². The average molecular weight is 344 g/mol. The number of anilines is 1. The molecular formula is C18H24N4O3. The number of aryl methyl sites for hydroxylation is 1. The summed E-state index contributed by atoms with van der Waals surface area (Å²) in [6, 6.07) is 5.24. The Bertz CT molecular complexity index is 763. The van der Waals surface area contributed by atoms with Crippen LogP contribution in [0.4, 0.5) is 10.5 Å². The molecule has 1 saturated carbocycles. The molecule has 2 amide bonds. The SMILES string of the molecule is CCC(C)(CO)NC(=O)Nc1ccc(C)cc1-c1nc(C2CC2)no1. The molecule has 0 spiro atoms. The third-order valence-corrected chi connectivity index (χ3v) is 4.58. The Balaban J connectivity index is 1.82. The smallest absolute Gasteiger partial charge is 0.319 e. The number of carbonyl (C=O) groups excluding carboxylic acids is 1. The fourth-order valence-corrected chi connectivity index (χ4v) is 2.46. The van der Waals surface area contributed by atoms with Gasteiger partial charge < -0.3 is 20.3 Å². The molecule has 1 aromatic heterocycles. The summed E-state index contributed by atoms with van der Waals surface area (Å²) in [5.74, 6) is 1.53. The Morgan fingerprint density at radius 2 is 2.20 bits per heavy atom. The number of aliphatic hydroxyl groups is 1. The van der Waals surface area contributed by atoms with E-state index in [-0.39, 0.29) is 12.6 Å². The van der Waals surface area contributed by atoms with Crippen LogP contribution in [0.3, 0.4) is 0 Å². The second kappa shape index (κ2) is 6.84. The van der Waals surface area contributed by atoms with Gasteiger partial charge in [0.2, 0.25) is 0 Å². The molecule has 0 radical (unpaired) electrons. The second-order valence-electron chi connectivity index (χ2n) is 6.93. The van der Waals surface area contributed by atoms with E-state index in [1.165, 1.54) is 0 Å². The summed E-state index contributed by atoms with van der Waals surface area (Å²) in [4.78, 5) is 16.8. The third kappa shape index (κ3) is 3.99. The molecule has 1 atom stereocenters. The van der Waals surface area contributed by atoms with E-state index in [2.05, 4.69) is 20.8 Å². The van der Waals surface area contributed by atoms with E-state index in [4.69, 9.17) is 4.52 Å². The number of amides is 2. The number of urea groups is 1. The van der Waals surface area contributed by atoms with E-state index in [0.717, 1.165) is 24.2 Å². The summed E-state index contributed by atoms with van der Waals surface area (Å²) >= 11 is 0. The summed E-state index contributed by atoms with van der Waals surface area (Å²) in [6.45, 7) is 5.53. The first kappa shape index (κ1) is 17.4. The molecule has 25 heavy (non-hydrogen) atoms. The third-order valence-electron chi connectivity index (χ3n) is 4.58. The first-order chi connectivity index (χ1) is 11.9. The molecule has 1 aliphatic carbocycles. The molecule has 0 saturated heterocycles. The molecule has 3 N–H and O–H groups in total. The maximum absolute atomic E-state index is 12.3. The van der Waals surface area contributed by atoms with Crippen LogP contribution in [0.15, 0.2) is 22.7 Å². The van der Waals surface area contributed by atoms with Crippen LogP contribution < -0.4 is 10.6 Å². The fraction of sp³-hybridized carbons (Fsp3) is 0.500. The molecule has 2 aromatic rings. The van der Waals surface area contributed by atoms with Crippen LogP contribution in [-0.4, -0.2) is 33.4 Å². The van der Waals surface area contributed by atoms with Crippen LogP contribution in [0.2, 0.25) is 0 Å². The van der Waals surface area contributed by atoms with E-state index in [1.54, 1.807) is 6.92 Å². The highest BCUT2D eigenvalue weighted by Crippen LogP contribution is 2.39. The normalized spacial score (nSPS) is 16.3. The monoisotopic (exact) mass is 344 g/mol. The maximum Gasteiger partial charge on any atom is 0.319 e. The number of aromatic nitrogens is 2. The van der Waals surface area contributed by atoms with Gasteiger partial charge in [0.1, 0.15) is 0 Å². The van der Waals surface area contributed by atoms with Crippen molar-refractivity contribution in [2.75, 3.05) is 11.9 Å². The molecule has 7 nitrogen and oxygen atoms in total. The molecule has 1 fully saturated rings. The summed E-state index contributed by atoms with van der Waals surface area (Å²) in [7, 11) is 0. The maximum atomic E-state index is 12.3. The zero-order chi connectivity index (χ0) is 18.0. The van der Waals surface area contributed by atoms with Gasteiger partial charge in [-0.05, 0) is 45.2 Å². The molecule has 0 bridgehead atoms. The van der Waals surface area contributed by atoms with Gasteiger partial charge in [-0.25, -0.2) is 4.79 Å². The van der Waals surface area contributed by atoms with Gasteiger partial charge in [-0.15, -0.1) is 0 Å². The van der Waals surface area contributed by atoms with Gasteiger partial charge >= 0.3 is 6.03 Å². The average Bonchev–Trinajstić information content (AvgIpc) is 3.33. The van der Waals surface area contributed by atoms with Crippen LogP contribution in [0.1, 0.15) is 50.4 Å². The van der Waals surface area contributed by atoms with Crippen molar-refractivity contribution in [2.45, 2.75) is 51.5 Å². The zero-order valence-corrected chi connectivity index (χ0v) is 14.8. The summed E-state index contributed by atoms with van der Waals surface area (Å²) in [5.41, 5.74) is 1.64. The van der Waals surface area contributed by atoms with Crippen LogP contribution in [-0.2, 0) is 0 Å². The minimum Gasteiger partial charge on any atom is -0.394 e. The lowest BCUT2D eigenvalue weighted by Gasteiger charge is -2.27. The molecule has 1 aliphatic rings. The van der Waals surface area contributed by atoms with E-state index < -0.39 is 5.54 Å². The van der Waals surface area contributed by atoms with E-state index in [1.807, 2.05) is 32.0 Å². The van der Waals surface area contributed by atoms with Crippen molar-refractivity contribution in [1.82, 2.24) is 15.5 Å². The number of carbonyl (C=O) groups is 1. The van der Waals surface area contributed by atoms with E-state index in [9.17, 15) is 9.90 Å². The Kier molecular flexibility index (Phi) is 4.76. The summed E-state index contributed by atoms with van der Waals surface area (Å²) in [6.07, 6.45) is 2.81. The standard InChI is InChI=1S/C18H24N4O3/c1-4-18(3,10-23)21-17(24)19-14-8-5-11(2)9-13(14)16-20-15(22-25-16)12-6-7-12/h5,8-9,12,23H,4,6-7,10H2,1-3H3,(H2,19,21,24). The van der Waals surface area contributed by atoms with Crippen molar-refractivity contribution in [2.24, 2.45) is 0 Å². The number of rotatable bonds is 6. The predicted molar refractivity (Wildman–Crippen MR) is 94.4 cm³/mol. The van der Waals surface area contributed by atoms with Gasteiger partial charge in [0.15, 0.2) is 5.82 Å². The van der Waals surface area contributed by atoms with Crippen LogP contribution in [0.5, 0.6) is 0 Å². The number of aliphatic hydroxyl groups excluding tert-OH is 1. The highest BCUT2D eigenvalue weighted by Gasteiger charge is 2.29. The van der Waals surface area contributed by atoms with Crippen LogP contribution >= 0.6 is 0 Å². The molecular weight excluding hydrogens is 320 g/mol. The lowest BCUT2D eigenvalue weighted by molar-refractivity contribution is 0.172. The van der Waals surface area contributed by atoms with Crippen molar-refractivity contribution in [3.63, 3.8) is 0 Å². The summed E-state index contributed by atoms with van der Waals surface area (Å²) < 4.78 is 5.40. The Morgan fingerprint density at radius 1 is 1.44 bits per heavy atom. The number of nitrogens with one attached hydrogen (secondary N) is 2. The van der Waals surface area contributed by atoms with Crippen molar-refractivity contribution >= 4 is 11.7 Å². The van der Waals surface area contributed by atoms with Crippen LogP contribution in [0.25, 0.3) is 11.5 Å². The van der Waals surface area contributed by atoms with Crippen molar-refractivity contribution in [1.29, 1.82) is 0 Å². The van der Waals surface area contributed by atoms with E-state index in [0.29, 0.717) is 29.5 Å². The Morgan fingerprint density at radius 3 is 2.84 bits per heavy atom. The van der Waals surface area contributed by atoms with Crippen molar-refractivity contribution < 1.29 is 14.4 Å². The minimum atomic E-state index is -0.668. The zero-order valence-electron chi connectivity index (χ0n) is 14.8. The molecule has 1 unspecified atom stereocenters.